The Labute approximate surface area is 183 Å². The summed E-state index contributed by atoms with van der Waals surface area (Å²) < 4.78 is 11.2. The van der Waals surface area contributed by atoms with Crippen LogP contribution in [0.3, 0.4) is 0 Å². The van der Waals surface area contributed by atoms with Gasteiger partial charge >= 0.3 is 11.7 Å². The van der Waals surface area contributed by atoms with Crippen molar-refractivity contribution < 1.29 is 14.3 Å². The molecule has 32 heavy (non-hydrogen) atoms. The smallest absolute Gasteiger partial charge is 0.337 e. The van der Waals surface area contributed by atoms with Crippen LogP contribution in [-0.2, 0) is 9.53 Å². The highest BCUT2D eigenvalue weighted by molar-refractivity contribution is 5.94. The molecule has 2 heterocycles. The van der Waals surface area contributed by atoms with Gasteiger partial charge in [-0.1, -0.05) is 43.0 Å². The number of rotatable bonds is 6. The number of allylic oxidation sites excluding steroid dienone is 1. The van der Waals surface area contributed by atoms with Crippen LogP contribution < -0.4 is 21.3 Å². The molecular weight excluding hydrogens is 410 g/mol. The third-order valence-electron chi connectivity index (χ3n) is 5.00. The van der Waals surface area contributed by atoms with Crippen molar-refractivity contribution in [2.24, 2.45) is 0 Å². The third-order valence-corrected chi connectivity index (χ3v) is 5.00. The maximum absolute atomic E-state index is 12.9. The second-order valence-electron chi connectivity index (χ2n) is 7.17. The van der Waals surface area contributed by atoms with Crippen LogP contribution in [0.2, 0.25) is 0 Å². The lowest BCUT2D eigenvalue weighted by molar-refractivity contribution is -0.138. The number of hydrogen-bond acceptors (Lipinski definition) is 6. The number of carbonyl (C=O) groups is 1. The number of carbonyl (C=O) groups excluding carboxylic acids is 1. The van der Waals surface area contributed by atoms with E-state index in [4.69, 9.17) is 9.47 Å². The largest absolute Gasteiger partial charge is 0.458 e. The Kier molecular flexibility index (Phi) is 5.76. The van der Waals surface area contributed by atoms with Gasteiger partial charge in [-0.05, 0) is 36.8 Å². The molecule has 1 aliphatic heterocycles. The van der Waals surface area contributed by atoms with Gasteiger partial charge in [0.2, 0.25) is 0 Å². The fourth-order valence-electron chi connectivity index (χ4n) is 3.68. The first kappa shape index (κ1) is 20.9. The van der Waals surface area contributed by atoms with Crippen molar-refractivity contribution in [1.29, 1.82) is 0 Å². The molecule has 0 radical (unpaired) electrons. The summed E-state index contributed by atoms with van der Waals surface area (Å²) in [5.74, 6) is 0.0332. The molecule has 8 nitrogen and oxygen atoms in total. The maximum Gasteiger partial charge on any atom is 0.337 e. The van der Waals surface area contributed by atoms with Crippen molar-refractivity contribution >= 4 is 11.8 Å². The SMILES string of the molecule is C=CCOC(=O)C1=C(C)Nc2[nH]c(=O)[nH]c(=O)c2C1c1cccc(Oc2ccccc2)c1. The van der Waals surface area contributed by atoms with Gasteiger partial charge in [0, 0.05) is 5.70 Å². The Morgan fingerprint density at radius 1 is 1.06 bits per heavy atom. The van der Waals surface area contributed by atoms with E-state index in [1.807, 2.05) is 30.3 Å². The monoisotopic (exact) mass is 431 g/mol. The molecule has 1 aliphatic rings. The molecule has 0 amide bonds. The molecule has 2 aromatic carbocycles. The second kappa shape index (κ2) is 8.81. The van der Waals surface area contributed by atoms with Gasteiger partial charge in [0.1, 0.15) is 23.9 Å². The number of nitrogens with one attached hydrogen (secondary N) is 3. The highest BCUT2D eigenvalue weighted by Gasteiger charge is 2.36. The molecule has 1 atom stereocenters. The normalized spacial score (nSPS) is 14.8. The number of benzene rings is 2. The summed E-state index contributed by atoms with van der Waals surface area (Å²) in [5.41, 5.74) is 0.311. The van der Waals surface area contributed by atoms with E-state index in [0.717, 1.165) is 0 Å². The van der Waals surface area contributed by atoms with Gasteiger partial charge < -0.3 is 14.8 Å². The zero-order valence-electron chi connectivity index (χ0n) is 17.3. The Balaban J connectivity index is 1.85. The van der Waals surface area contributed by atoms with E-state index in [-0.39, 0.29) is 23.6 Å². The quantitative estimate of drug-likeness (QED) is 0.407. The third kappa shape index (κ3) is 4.11. The van der Waals surface area contributed by atoms with Crippen LogP contribution in [0.25, 0.3) is 0 Å². The molecule has 3 aromatic rings. The van der Waals surface area contributed by atoms with Crippen molar-refractivity contribution in [3.8, 4) is 11.5 Å². The van der Waals surface area contributed by atoms with Gasteiger partial charge in [-0.3, -0.25) is 14.8 Å². The fraction of sp³-hybridized carbons (Fsp3) is 0.125. The van der Waals surface area contributed by atoms with E-state index in [1.54, 1.807) is 31.2 Å². The van der Waals surface area contributed by atoms with E-state index >= 15 is 0 Å². The molecule has 162 valence electrons. The number of esters is 1. The molecule has 0 saturated heterocycles. The van der Waals surface area contributed by atoms with E-state index in [2.05, 4.69) is 21.9 Å². The summed E-state index contributed by atoms with van der Waals surface area (Å²) >= 11 is 0. The minimum absolute atomic E-state index is 0.0222. The fourth-order valence-corrected chi connectivity index (χ4v) is 3.68. The lowest BCUT2D eigenvalue weighted by Crippen LogP contribution is -2.35. The number of H-pyrrole nitrogens is 2. The lowest BCUT2D eigenvalue weighted by atomic mass is 9.82. The average Bonchev–Trinajstić information content (AvgIpc) is 2.77. The van der Waals surface area contributed by atoms with Gasteiger partial charge in [0.15, 0.2) is 0 Å². The van der Waals surface area contributed by atoms with Gasteiger partial charge in [-0.15, -0.1) is 0 Å². The number of ether oxygens (including phenoxy) is 2. The first-order chi connectivity index (χ1) is 15.5. The van der Waals surface area contributed by atoms with Crippen LogP contribution in [0, 0.1) is 0 Å². The summed E-state index contributed by atoms with van der Waals surface area (Å²) in [7, 11) is 0. The van der Waals surface area contributed by atoms with E-state index in [9.17, 15) is 14.4 Å². The van der Waals surface area contributed by atoms with E-state index in [1.165, 1.54) is 6.08 Å². The molecule has 0 bridgehead atoms. The Bertz CT molecular complexity index is 1320. The van der Waals surface area contributed by atoms with Gasteiger partial charge in [0.25, 0.3) is 5.56 Å². The summed E-state index contributed by atoms with van der Waals surface area (Å²) in [6.07, 6.45) is 1.46. The standard InChI is InChI=1S/C24H21N3O5/c1-3-12-31-23(29)18-14(2)25-21-20(22(28)27-24(30)26-21)19(18)15-8-7-11-17(13-15)32-16-9-5-4-6-10-16/h3-11,13,19H,1,12H2,2H3,(H3,25,26,27,28,30). The number of aromatic amines is 2. The van der Waals surface area contributed by atoms with Crippen LogP contribution in [0.15, 0.2) is 88.1 Å². The van der Waals surface area contributed by atoms with Crippen molar-refractivity contribution in [1.82, 2.24) is 9.97 Å². The van der Waals surface area contributed by atoms with Crippen molar-refractivity contribution in [2.45, 2.75) is 12.8 Å². The number of aromatic nitrogens is 2. The van der Waals surface area contributed by atoms with Crippen molar-refractivity contribution in [2.75, 3.05) is 11.9 Å². The van der Waals surface area contributed by atoms with Crippen molar-refractivity contribution in [3.05, 3.63) is 110 Å². The summed E-state index contributed by atoms with van der Waals surface area (Å²) in [6, 6.07) is 16.3. The van der Waals surface area contributed by atoms with Crippen LogP contribution in [-0.4, -0.2) is 22.5 Å². The molecule has 0 aliphatic carbocycles. The first-order valence-electron chi connectivity index (χ1n) is 9.93. The van der Waals surface area contributed by atoms with Gasteiger partial charge in [0.05, 0.1) is 17.1 Å². The molecule has 0 saturated carbocycles. The number of para-hydroxylation sites is 1. The minimum Gasteiger partial charge on any atom is -0.458 e. The van der Waals surface area contributed by atoms with Crippen LogP contribution in [0.5, 0.6) is 11.5 Å². The zero-order chi connectivity index (χ0) is 22.7. The Morgan fingerprint density at radius 2 is 1.81 bits per heavy atom. The van der Waals surface area contributed by atoms with Crippen LogP contribution >= 0.6 is 0 Å². The molecular formula is C24H21N3O5. The van der Waals surface area contributed by atoms with Crippen LogP contribution in [0.4, 0.5) is 5.82 Å². The molecule has 0 spiro atoms. The first-order valence-corrected chi connectivity index (χ1v) is 9.93. The predicted molar refractivity (Wildman–Crippen MR) is 120 cm³/mol. The predicted octanol–water partition coefficient (Wildman–Crippen LogP) is 3.42. The van der Waals surface area contributed by atoms with E-state index < -0.39 is 23.1 Å². The maximum atomic E-state index is 12.9. The zero-order valence-corrected chi connectivity index (χ0v) is 17.3. The molecule has 0 fully saturated rings. The highest BCUT2D eigenvalue weighted by Crippen LogP contribution is 2.40. The van der Waals surface area contributed by atoms with Crippen molar-refractivity contribution in [3.63, 3.8) is 0 Å². The summed E-state index contributed by atoms with van der Waals surface area (Å²) in [5, 5.41) is 2.95. The van der Waals surface area contributed by atoms with Crippen LogP contribution in [0.1, 0.15) is 24.0 Å². The molecule has 3 N–H and O–H groups in total. The summed E-state index contributed by atoms with van der Waals surface area (Å²) in [4.78, 5) is 42.4. The molecule has 1 aromatic heterocycles. The molecule has 1 unspecified atom stereocenters. The molecule has 8 heteroatoms. The van der Waals surface area contributed by atoms with Gasteiger partial charge in [-0.25, -0.2) is 9.59 Å². The Morgan fingerprint density at radius 3 is 2.56 bits per heavy atom. The Hall–Kier alpha value is -4.33. The second-order valence-corrected chi connectivity index (χ2v) is 7.17. The average molecular weight is 431 g/mol. The summed E-state index contributed by atoms with van der Waals surface area (Å²) in [6.45, 7) is 5.27. The van der Waals surface area contributed by atoms with E-state index in [0.29, 0.717) is 22.8 Å². The lowest BCUT2D eigenvalue weighted by Gasteiger charge is -2.28. The minimum atomic E-state index is -0.788. The highest BCUT2D eigenvalue weighted by atomic mass is 16.5. The number of anilines is 1. The number of hydrogen-bond donors (Lipinski definition) is 3. The topological polar surface area (TPSA) is 113 Å². The van der Waals surface area contributed by atoms with Gasteiger partial charge in [-0.2, -0.15) is 0 Å². The number of fused-ring (bicyclic) bond motifs is 1. The molecule has 4 rings (SSSR count).